The molecule has 0 radical (unpaired) electrons. The van der Waals surface area contributed by atoms with Gasteiger partial charge in [0.2, 0.25) is 5.76 Å². The summed E-state index contributed by atoms with van der Waals surface area (Å²) in [6.07, 6.45) is 0.919. The number of halogens is 1. The van der Waals surface area contributed by atoms with Gasteiger partial charge in [0.25, 0.3) is 5.91 Å². The highest BCUT2D eigenvalue weighted by Crippen LogP contribution is 2.41. The van der Waals surface area contributed by atoms with Crippen LogP contribution in [-0.4, -0.2) is 5.91 Å². The summed E-state index contributed by atoms with van der Waals surface area (Å²) in [6, 6.07) is 20.5. The van der Waals surface area contributed by atoms with E-state index in [-0.39, 0.29) is 17.1 Å². The van der Waals surface area contributed by atoms with Gasteiger partial charge in [-0.05, 0) is 54.8 Å². The van der Waals surface area contributed by atoms with Gasteiger partial charge in [0, 0.05) is 10.2 Å². The summed E-state index contributed by atoms with van der Waals surface area (Å²) < 4.78 is 6.88. The molecule has 4 nitrogen and oxygen atoms in total. The third-order valence-corrected chi connectivity index (χ3v) is 6.31. The van der Waals surface area contributed by atoms with Crippen LogP contribution in [0, 0.1) is 6.92 Å². The second-order valence-corrected chi connectivity index (χ2v) is 8.74. The Morgan fingerprint density at radius 2 is 1.77 bits per heavy atom. The number of anilines is 1. The maximum absolute atomic E-state index is 13.6. The van der Waals surface area contributed by atoms with E-state index in [2.05, 4.69) is 22.9 Å². The number of carbonyl (C=O) groups is 1. The first-order valence-electron chi connectivity index (χ1n) is 10.2. The molecule has 1 unspecified atom stereocenters. The van der Waals surface area contributed by atoms with E-state index >= 15 is 0 Å². The zero-order valence-electron chi connectivity index (χ0n) is 17.2. The molecular formula is C26H20BrNO3. The van der Waals surface area contributed by atoms with Gasteiger partial charge >= 0.3 is 0 Å². The van der Waals surface area contributed by atoms with Crippen LogP contribution in [0.25, 0.3) is 11.0 Å². The number of rotatable bonds is 3. The van der Waals surface area contributed by atoms with Crippen LogP contribution in [0.1, 0.15) is 45.8 Å². The number of amides is 1. The van der Waals surface area contributed by atoms with Crippen LogP contribution in [0.4, 0.5) is 5.69 Å². The molecule has 1 aliphatic rings. The maximum atomic E-state index is 13.6. The molecule has 1 aliphatic heterocycles. The van der Waals surface area contributed by atoms with E-state index in [1.807, 2.05) is 67.6 Å². The lowest BCUT2D eigenvalue weighted by atomic mass is 9.96. The Labute approximate surface area is 188 Å². The van der Waals surface area contributed by atoms with Crippen molar-refractivity contribution in [2.24, 2.45) is 0 Å². The smallest absolute Gasteiger partial charge is 0.295 e. The predicted octanol–water partition coefficient (Wildman–Crippen LogP) is 6.18. The minimum atomic E-state index is -0.552. The van der Waals surface area contributed by atoms with Crippen LogP contribution < -0.4 is 10.3 Å². The van der Waals surface area contributed by atoms with E-state index in [4.69, 9.17) is 4.42 Å². The number of aryl methyl sites for hydroxylation is 2. The number of hydrogen-bond donors (Lipinski definition) is 0. The molecule has 0 saturated carbocycles. The van der Waals surface area contributed by atoms with Gasteiger partial charge in [-0.2, -0.15) is 0 Å². The minimum absolute atomic E-state index is 0.117. The first-order chi connectivity index (χ1) is 15.0. The van der Waals surface area contributed by atoms with E-state index in [0.717, 1.165) is 22.0 Å². The van der Waals surface area contributed by atoms with Crippen molar-refractivity contribution in [1.82, 2.24) is 0 Å². The van der Waals surface area contributed by atoms with Gasteiger partial charge in [-0.1, -0.05) is 64.8 Å². The molecule has 1 amide bonds. The van der Waals surface area contributed by atoms with Gasteiger partial charge in [-0.25, -0.2) is 0 Å². The number of nitrogens with zero attached hydrogens (tertiary/aromatic N) is 1. The molecule has 31 heavy (non-hydrogen) atoms. The molecule has 2 heterocycles. The van der Waals surface area contributed by atoms with Gasteiger partial charge in [0.1, 0.15) is 5.58 Å². The molecule has 0 saturated heterocycles. The van der Waals surface area contributed by atoms with Gasteiger partial charge in [-0.3, -0.25) is 14.5 Å². The fraction of sp³-hybridized carbons (Fsp3) is 0.154. The van der Waals surface area contributed by atoms with Crippen LogP contribution in [0.15, 0.2) is 80.4 Å². The van der Waals surface area contributed by atoms with Gasteiger partial charge in [0.05, 0.1) is 17.0 Å². The summed E-state index contributed by atoms with van der Waals surface area (Å²) in [5, 5.41) is 0.498. The standard InChI is InChI=1S/C26H20BrNO3/c1-3-16-8-10-17(11-9-16)23-22-24(29)20-13-15(2)7-12-21(20)31-25(22)26(30)28(23)19-6-4-5-18(27)14-19/h4-14,23H,3H2,1-2H3. The first-order valence-corrected chi connectivity index (χ1v) is 11.0. The lowest BCUT2D eigenvalue weighted by Crippen LogP contribution is -2.29. The summed E-state index contributed by atoms with van der Waals surface area (Å²) >= 11 is 3.49. The second kappa shape index (κ2) is 7.50. The molecule has 3 aromatic carbocycles. The fourth-order valence-corrected chi connectivity index (χ4v) is 4.62. The molecule has 1 aromatic heterocycles. The Balaban J connectivity index is 1.80. The summed E-state index contributed by atoms with van der Waals surface area (Å²) in [7, 11) is 0. The Morgan fingerprint density at radius 3 is 2.48 bits per heavy atom. The molecule has 0 bridgehead atoms. The van der Waals surface area contributed by atoms with Crippen molar-refractivity contribution in [3.05, 3.63) is 109 Å². The Kier molecular flexibility index (Phi) is 4.78. The maximum Gasteiger partial charge on any atom is 0.295 e. The number of hydrogen-bond acceptors (Lipinski definition) is 3. The van der Waals surface area contributed by atoms with Crippen molar-refractivity contribution in [3.63, 3.8) is 0 Å². The average molecular weight is 474 g/mol. The van der Waals surface area contributed by atoms with E-state index < -0.39 is 6.04 Å². The molecule has 154 valence electrons. The van der Waals surface area contributed by atoms with Gasteiger partial charge in [0.15, 0.2) is 5.43 Å². The first kappa shape index (κ1) is 19.8. The van der Waals surface area contributed by atoms with Crippen molar-refractivity contribution < 1.29 is 9.21 Å². The number of carbonyl (C=O) groups excluding carboxylic acids is 1. The largest absolute Gasteiger partial charge is 0.450 e. The molecule has 0 aliphatic carbocycles. The second-order valence-electron chi connectivity index (χ2n) is 7.83. The minimum Gasteiger partial charge on any atom is -0.450 e. The molecule has 1 atom stereocenters. The van der Waals surface area contributed by atoms with Crippen LogP contribution in [0.2, 0.25) is 0 Å². The SMILES string of the molecule is CCc1ccc(C2c3c(oc4ccc(C)cc4c3=O)C(=O)N2c2cccc(Br)c2)cc1. The molecule has 5 heteroatoms. The Morgan fingerprint density at radius 1 is 1.00 bits per heavy atom. The molecule has 4 aromatic rings. The van der Waals surface area contributed by atoms with Crippen LogP contribution in [0.3, 0.4) is 0 Å². The molecule has 0 spiro atoms. The van der Waals surface area contributed by atoms with E-state index in [1.165, 1.54) is 5.56 Å². The predicted molar refractivity (Wildman–Crippen MR) is 126 cm³/mol. The van der Waals surface area contributed by atoms with Crippen LogP contribution in [0.5, 0.6) is 0 Å². The van der Waals surface area contributed by atoms with Crippen LogP contribution >= 0.6 is 15.9 Å². The lowest BCUT2D eigenvalue weighted by Gasteiger charge is -2.25. The van der Waals surface area contributed by atoms with Crippen molar-refractivity contribution in [2.45, 2.75) is 26.3 Å². The molecule has 0 fully saturated rings. The zero-order chi connectivity index (χ0) is 21.7. The Bertz CT molecular complexity index is 1390. The monoisotopic (exact) mass is 473 g/mol. The third-order valence-electron chi connectivity index (χ3n) is 5.82. The van der Waals surface area contributed by atoms with Crippen molar-refractivity contribution in [3.8, 4) is 0 Å². The topological polar surface area (TPSA) is 50.5 Å². The lowest BCUT2D eigenvalue weighted by molar-refractivity contribution is 0.0971. The highest BCUT2D eigenvalue weighted by molar-refractivity contribution is 9.10. The molecule has 5 rings (SSSR count). The van der Waals surface area contributed by atoms with E-state index in [0.29, 0.717) is 22.2 Å². The quantitative estimate of drug-likeness (QED) is 0.357. The van der Waals surface area contributed by atoms with Crippen molar-refractivity contribution in [1.29, 1.82) is 0 Å². The van der Waals surface area contributed by atoms with Crippen molar-refractivity contribution >= 4 is 38.5 Å². The molecular weight excluding hydrogens is 454 g/mol. The molecule has 0 N–H and O–H groups in total. The number of benzene rings is 3. The zero-order valence-corrected chi connectivity index (χ0v) is 18.8. The average Bonchev–Trinajstić information content (AvgIpc) is 3.07. The third kappa shape index (κ3) is 3.20. The number of fused-ring (bicyclic) bond motifs is 2. The highest BCUT2D eigenvalue weighted by Gasteiger charge is 2.43. The normalized spacial score (nSPS) is 15.5. The van der Waals surface area contributed by atoms with Gasteiger partial charge < -0.3 is 4.42 Å². The van der Waals surface area contributed by atoms with E-state index in [9.17, 15) is 9.59 Å². The van der Waals surface area contributed by atoms with Crippen LogP contribution in [-0.2, 0) is 6.42 Å². The summed E-state index contributed by atoms with van der Waals surface area (Å²) in [5.74, 6) is -0.192. The highest BCUT2D eigenvalue weighted by atomic mass is 79.9. The van der Waals surface area contributed by atoms with Gasteiger partial charge in [-0.15, -0.1) is 0 Å². The fourth-order valence-electron chi connectivity index (χ4n) is 4.23. The van der Waals surface area contributed by atoms with Crippen molar-refractivity contribution in [2.75, 3.05) is 4.90 Å². The van der Waals surface area contributed by atoms with E-state index in [1.54, 1.807) is 11.0 Å². The Hall–Kier alpha value is -3.18. The summed E-state index contributed by atoms with van der Waals surface area (Å²) in [6.45, 7) is 4.03. The summed E-state index contributed by atoms with van der Waals surface area (Å²) in [5.41, 5.74) is 4.42. The summed E-state index contributed by atoms with van der Waals surface area (Å²) in [4.78, 5) is 28.8.